The second kappa shape index (κ2) is 19.8. The molecule has 0 amide bonds. The quantitative estimate of drug-likeness (QED) is 0.345. The Balaban J connectivity index is 0. The van der Waals surface area contributed by atoms with Crippen LogP contribution in [0, 0.1) is 0 Å². The molecule has 0 saturated heterocycles. The summed E-state index contributed by atoms with van der Waals surface area (Å²) in [5, 5.41) is 0. The summed E-state index contributed by atoms with van der Waals surface area (Å²) in [4.78, 5) is 0. The summed E-state index contributed by atoms with van der Waals surface area (Å²) in [6.07, 6.45) is 0. The van der Waals surface area contributed by atoms with Crippen LogP contribution in [-0.4, -0.2) is 60.6 Å². The monoisotopic (exact) mass is 126 g/mol. The first-order chi connectivity index (χ1) is 0. The molecule has 0 unspecified atom stereocenters. The maximum absolute atomic E-state index is 0. The van der Waals surface area contributed by atoms with E-state index in [1.165, 1.54) is 0 Å². The Bertz CT molecular complexity index is 13.5. The van der Waals surface area contributed by atoms with Gasteiger partial charge in [-0.2, -0.15) is 0 Å². The Hall–Kier alpha value is 2.04. The number of hydrogen-bond acceptors (Lipinski definition) is 0. The molecule has 0 aromatic carbocycles. The van der Waals surface area contributed by atoms with Gasteiger partial charge in [0.15, 0.2) is 17.4 Å². The van der Waals surface area contributed by atoms with Crippen molar-refractivity contribution in [3.63, 3.8) is 0 Å². The van der Waals surface area contributed by atoms with Crippen LogP contribution in [0.2, 0.25) is 0 Å². The van der Waals surface area contributed by atoms with E-state index >= 15 is 0 Å². The van der Waals surface area contributed by atoms with Crippen LogP contribution in [0.5, 0.6) is 0 Å². The summed E-state index contributed by atoms with van der Waals surface area (Å²) < 4.78 is 0. The van der Waals surface area contributed by atoms with Crippen molar-refractivity contribution in [1.29, 1.82) is 0 Å². The smallest absolute Gasteiger partial charge is 1.00 e. The predicted octanol–water partition coefficient (Wildman–Crippen LogP) is -1.74. The van der Waals surface area contributed by atoms with Gasteiger partial charge in [0.1, 0.15) is 0 Å². The molecule has 0 rings (SSSR count). The van der Waals surface area contributed by atoms with Gasteiger partial charge in [-0.05, 0) is 0 Å². The molecule has 0 atom stereocenters. The van der Waals surface area contributed by atoms with Gasteiger partial charge in [-0.3, -0.25) is 0 Å². The summed E-state index contributed by atoms with van der Waals surface area (Å²) in [5.41, 5.74) is 0. The van der Waals surface area contributed by atoms with Gasteiger partial charge >= 0.3 is 37.7 Å². The maximum atomic E-state index is 0. The van der Waals surface area contributed by atoms with E-state index in [0.29, 0.717) is 0 Å². The molecule has 0 aromatic heterocycles. The molecule has 0 aliphatic carbocycles. The largest absolute Gasteiger partial charge is 2.00 e. The molecule has 0 heterocycles. The summed E-state index contributed by atoms with van der Waals surface area (Å²) >= 11 is 0. The van der Waals surface area contributed by atoms with Crippen LogP contribution in [0.15, 0.2) is 0 Å². The van der Waals surface area contributed by atoms with Gasteiger partial charge in [0, 0.05) is 0 Å². The Morgan fingerprint density at radius 1 is 1.25 bits per heavy atom. The Kier molecular flexibility index (Phi) is 182. The standard InChI is InChI=1S/Al.Ca.ClH.H2O.5H/h;;1H;1H2;;;;;/q;+2;;;;;;2*-1. The molecule has 4 heteroatoms. The van der Waals surface area contributed by atoms with Crippen LogP contribution in [-0.2, 0) is 0 Å². The normalized spacial score (nSPS) is 0. The van der Waals surface area contributed by atoms with Crippen LogP contribution in [0.25, 0.3) is 0 Å². The zero-order valence-electron chi connectivity index (χ0n) is 3.62. The maximum Gasteiger partial charge on any atom is 2.00 e. The van der Waals surface area contributed by atoms with Crippen molar-refractivity contribution >= 4 is 67.5 Å². The van der Waals surface area contributed by atoms with Crippen molar-refractivity contribution in [2.24, 2.45) is 0 Å². The molecule has 0 bridgehead atoms. The topological polar surface area (TPSA) is 31.5 Å². The molecule has 0 saturated carbocycles. The molecule has 0 aliphatic heterocycles. The molecule has 0 aromatic rings. The van der Waals surface area contributed by atoms with Crippen LogP contribution >= 0.6 is 12.4 Å². The minimum absolute atomic E-state index is 0. The third-order valence-electron chi connectivity index (χ3n) is 0. The van der Waals surface area contributed by atoms with Crippen LogP contribution in [0.1, 0.15) is 2.85 Å². The van der Waals surface area contributed by atoms with E-state index in [1.807, 2.05) is 0 Å². The van der Waals surface area contributed by atoms with Crippen molar-refractivity contribution in [2.45, 2.75) is 0 Å². The molecule has 1 nitrogen and oxygen atoms in total. The van der Waals surface area contributed by atoms with Crippen LogP contribution < -0.4 is 0 Å². The van der Waals surface area contributed by atoms with Gasteiger partial charge in [0.05, 0.1) is 0 Å². The second-order valence-corrected chi connectivity index (χ2v) is 0. The molecule has 2 N–H and O–H groups in total. The van der Waals surface area contributed by atoms with Crippen molar-refractivity contribution in [3.8, 4) is 0 Å². The predicted molar refractivity (Wildman–Crippen MR) is 28.8 cm³/mol. The van der Waals surface area contributed by atoms with E-state index < -0.39 is 0 Å². The van der Waals surface area contributed by atoms with Gasteiger partial charge in [-0.1, -0.05) is 0 Å². The third kappa shape index (κ3) is 8.97. The Morgan fingerprint density at radius 3 is 1.25 bits per heavy atom. The van der Waals surface area contributed by atoms with E-state index in [0.717, 1.165) is 0 Å². The first kappa shape index (κ1) is 36.8. The zero-order valence-corrected chi connectivity index (χ0v) is 4.64. The van der Waals surface area contributed by atoms with E-state index in [9.17, 15) is 0 Å². The van der Waals surface area contributed by atoms with E-state index in [1.54, 1.807) is 0 Å². The van der Waals surface area contributed by atoms with E-state index in [4.69, 9.17) is 0 Å². The summed E-state index contributed by atoms with van der Waals surface area (Å²) in [6, 6.07) is 0. The third-order valence-corrected chi connectivity index (χ3v) is 0. The number of hydrogen-bond donors (Lipinski definition) is 0. The van der Waals surface area contributed by atoms with Crippen molar-refractivity contribution in [1.82, 2.24) is 0 Å². The Morgan fingerprint density at radius 2 is 1.25 bits per heavy atom. The average molecular weight is 127 g/mol. The number of halogens is 1. The first-order valence-corrected chi connectivity index (χ1v) is 0. The minimum atomic E-state index is 0. The minimum Gasteiger partial charge on any atom is -1.00 e. The molecule has 0 fully saturated rings. The summed E-state index contributed by atoms with van der Waals surface area (Å²) in [6.45, 7) is 0. The molecular weight excluding hydrogens is 119 g/mol. The molecule has 4 heavy (non-hydrogen) atoms. The Labute approximate surface area is 75.0 Å². The van der Waals surface area contributed by atoms with Gasteiger partial charge in [0.2, 0.25) is 0 Å². The summed E-state index contributed by atoms with van der Waals surface area (Å²) in [5.74, 6) is 0. The molecule has 0 aliphatic rings. The van der Waals surface area contributed by atoms with Gasteiger partial charge in [-0.15, -0.1) is 12.4 Å². The fraction of sp³-hybridized carbons (Fsp3) is 0. The molecule has 0 spiro atoms. The van der Waals surface area contributed by atoms with Crippen LogP contribution in [0.4, 0.5) is 0 Å². The van der Waals surface area contributed by atoms with E-state index in [2.05, 4.69) is 0 Å². The number of rotatable bonds is 0. The first-order valence-electron chi connectivity index (χ1n) is 0. The summed E-state index contributed by atoms with van der Waals surface area (Å²) in [7, 11) is 0. The zero-order chi connectivity index (χ0) is 0. The van der Waals surface area contributed by atoms with Crippen molar-refractivity contribution in [3.05, 3.63) is 0 Å². The fourth-order valence-electron chi connectivity index (χ4n) is 0. The van der Waals surface area contributed by atoms with Gasteiger partial charge in [0.25, 0.3) is 0 Å². The van der Waals surface area contributed by atoms with Crippen molar-refractivity contribution < 1.29 is 8.33 Å². The average Bonchev–Trinajstić information content (AvgIpc) is 0. The molecule has 26 valence electrons. The van der Waals surface area contributed by atoms with Gasteiger partial charge < -0.3 is 8.33 Å². The van der Waals surface area contributed by atoms with E-state index in [-0.39, 0.29) is 75.8 Å². The SMILES string of the molecule is Cl.O.[AlH3].[Ca+2].[H-].[H-]. The van der Waals surface area contributed by atoms with Crippen molar-refractivity contribution in [2.75, 3.05) is 0 Å². The van der Waals surface area contributed by atoms with Gasteiger partial charge in [-0.25, -0.2) is 0 Å². The molecule has 0 radical (unpaired) electrons. The second-order valence-electron chi connectivity index (χ2n) is 0. The molecular formula is H8AlCaClO. The fourth-order valence-corrected chi connectivity index (χ4v) is 0. The van der Waals surface area contributed by atoms with Crippen LogP contribution in [0.3, 0.4) is 0 Å².